The van der Waals surface area contributed by atoms with Crippen molar-refractivity contribution in [3.63, 3.8) is 0 Å². The molecule has 5 nitrogen and oxygen atoms in total. The lowest BCUT2D eigenvalue weighted by molar-refractivity contribution is -0.572. The summed E-state index contributed by atoms with van der Waals surface area (Å²) in [6.07, 6.45) is 5.88. The minimum Gasteiger partial charge on any atom is -0.458 e. The first-order valence-corrected chi connectivity index (χ1v) is 22.8. The van der Waals surface area contributed by atoms with Crippen LogP contribution in [0.3, 0.4) is 0 Å². The van der Waals surface area contributed by atoms with Crippen molar-refractivity contribution in [3.05, 3.63) is 187 Å². The van der Waals surface area contributed by atoms with Gasteiger partial charge in [-0.15, -0.1) is 0 Å². The summed E-state index contributed by atoms with van der Waals surface area (Å²) in [5.74, 6) is 2.38. The highest BCUT2D eigenvalue weighted by Crippen LogP contribution is 2.46. The Morgan fingerprint density at radius 2 is 1.11 bits per heavy atom. The number of aromatic nitrogens is 4. The third-order valence-electron chi connectivity index (χ3n) is 13.2. The summed E-state index contributed by atoms with van der Waals surface area (Å²) < 4.78 is 13.6. The average Bonchev–Trinajstić information content (AvgIpc) is 3.84. The maximum absolute atomic E-state index is 6.83. The van der Waals surface area contributed by atoms with Crippen molar-refractivity contribution in [1.29, 1.82) is 0 Å². The molecule has 3 aromatic heterocycles. The van der Waals surface area contributed by atoms with Gasteiger partial charge in [-0.25, -0.2) is 4.98 Å². The van der Waals surface area contributed by atoms with Gasteiger partial charge in [-0.3, -0.25) is 13.7 Å². The first-order chi connectivity index (χ1) is 31.1. The van der Waals surface area contributed by atoms with Crippen LogP contribution in [0.1, 0.15) is 79.0 Å². The lowest BCUT2D eigenvalue weighted by Crippen LogP contribution is -2.35. The lowest BCUT2D eigenvalue weighted by atomic mass is 9.80. The minimum atomic E-state index is -0.162. The molecule has 11 rings (SSSR count). The van der Waals surface area contributed by atoms with E-state index in [-0.39, 0.29) is 16.2 Å². The number of hydrogen-bond acceptors (Lipinski definition) is 2. The van der Waals surface area contributed by atoms with Crippen LogP contribution >= 0.6 is 0 Å². The Balaban J connectivity index is 1.09. The molecule has 0 N–H and O–H groups in total. The number of pyridine rings is 1. The molecule has 0 fully saturated rings. The van der Waals surface area contributed by atoms with Crippen LogP contribution in [0.25, 0.3) is 83.4 Å². The Bertz CT molecular complexity index is 3530. The SMILES string of the molecule is CC(C)(C)c1ccnc(-n2c3ccccc3c3ccc(Oc4cccc(-n5[c-][n+]6c7c(cccc75)-c5ccccc5-c5ccc(C(C)(C)C)cc5-c5cccc(C(C)(C)C)c5-6)c4)cc32)c1. The Hall–Kier alpha value is -7.24. The number of benzene rings is 7. The van der Waals surface area contributed by atoms with Crippen LogP contribution in [-0.4, -0.2) is 14.1 Å². The third kappa shape index (κ3) is 6.75. The molecule has 0 spiro atoms. The van der Waals surface area contributed by atoms with Gasteiger partial charge in [0.1, 0.15) is 17.3 Å². The van der Waals surface area contributed by atoms with Gasteiger partial charge in [0.15, 0.2) is 0 Å². The molecule has 0 atom stereocenters. The van der Waals surface area contributed by atoms with Gasteiger partial charge in [0.05, 0.1) is 33.4 Å². The number of ether oxygens (including phenoxy) is 1. The Labute approximate surface area is 382 Å². The molecule has 0 radical (unpaired) electrons. The molecule has 0 amide bonds. The standard InChI is InChI=1S/C60H54N4O/c1-58(2,3)38-27-29-45-43-19-10-11-20-44(43)48-23-16-26-53-57(48)63(56-49(50(45)33-38)22-15-24-51(56)60(7,8)9)37-62(53)40-17-14-18-41(35-40)65-42-28-30-47-46-21-12-13-25-52(46)64(54(47)36-42)55-34-39(31-32-61-55)59(4,5)6/h10-36H,1-9H3. The predicted octanol–water partition coefficient (Wildman–Crippen LogP) is 15.2. The Kier molecular flexibility index (Phi) is 9.13. The van der Waals surface area contributed by atoms with Crippen molar-refractivity contribution >= 4 is 32.8 Å². The second kappa shape index (κ2) is 14.6. The van der Waals surface area contributed by atoms with E-state index in [9.17, 15) is 0 Å². The van der Waals surface area contributed by atoms with Crippen LogP contribution in [0.5, 0.6) is 11.5 Å². The molecule has 10 aromatic rings. The largest absolute Gasteiger partial charge is 0.458 e. The molecule has 320 valence electrons. The van der Waals surface area contributed by atoms with E-state index in [1.165, 1.54) is 49.9 Å². The number of para-hydroxylation sites is 3. The van der Waals surface area contributed by atoms with Gasteiger partial charge in [-0.1, -0.05) is 165 Å². The van der Waals surface area contributed by atoms with Crippen molar-refractivity contribution in [2.45, 2.75) is 78.6 Å². The quantitative estimate of drug-likeness (QED) is 0.131. The minimum absolute atomic E-state index is 0.0150. The van der Waals surface area contributed by atoms with Gasteiger partial charge >= 0.3 is 0 Å². The van der Waals surface area contributed by atoms with Gasteiger partial charge in [0.2, 0.25) is 0 Å². The fourth-order valence-electron chi connectivity index (χ4n) is 9.84. The summed E-state index contributed by atoms with van der Waals surface area (Å²) in [5, 5.41) is 2.33. The number of hydrogen-bond donors (Lipinski definition) is 0. The van der Waals surface area contributed by atoms with Crippen LogP contribution in [0.15, 0.2) is 164 Å². The van der Waals surface area contributed by atoms with E-state index in [1.54, 1.807) is 0 Å². The highest BCUT2D eigenvalue weighted by atomic mass is 16.5. The zero-order valence-corrected chi connectivity index (χ0v) is 38.8. The van der Waals surface area contributed by atoms with Gasteiger partial charge in [-0.05, 0) is 115 Å². The van der Waals surface area contributed by atoms with E-state index in [2.05, 4.69) is 234 Å². The van der Waals surface area contributed by atoms with E-state index >= 15 is 0 Å². The normalized spacial score (nSPS) is 12.7. The van der Waals surface area contributed by atoms with Crippen LogP contribution in [-0.2, 0) is 16.2 Å². The molecule has 5 heteroatoms. The third-order valence-corrected chi connectivity index (χ3v) is 13.2. The van der Waals surface area contributed by atoms with Crippen LogP contribution in [0.2, 0.25) is 0 Å². The summed E-state index contributed by atoms with van der Waals surface area (Å²) in [6.45, 7) is 20.6. The fraction of sp³-hybridized carbons (Fsp3) is 0.200. The van der Waals surface area contributed by atoms with Crippen molar-refractivity contribution in [1.82, 2.24) is 14.1 Å². The van der Waals surface area contributed by atoms with Crippen LogP contribution in [0, 0.1) is 6.33 Å². The second-order valence-electron chi connectivity index (χ2n) is 20.7. The molecule has 65 heavy (non-hydrogen) atoms. The molecule has 1 aliphatic rings. The molecule has 4 heterocycles. The van der Waals surface area contributed by atoms with E-state index in [0.717, 1.165) is 61.7 Å². The zero-order chi connectivity index (χ0) is 45.0. The zero-order valence-electron chi connectivity index (χ0n) is 38.8. The smallest absolute Gasteiger partial charge is 0.269 e. The van der Waals surface area contributed by atoms with Crippen molar-refractivity contribution < 1.29 is 9.30 Å². The first kappa shape index (κ1) is 40.5. The van der Waals surface area contributed by atoms with E-state index in [4.69, 9.17) is 9.72 Å². The number of imidazole rings is 1. The molecule has 0 bridgehead atoms. The van der Waals surface area contributed by atoms with Crippen molar-refractivity contribution in [2.24, 2.45) is 0 Å². The highest BCUT2D eigenvalue weighted by molar-refractivity contribution is 6.09. The summed E-state index contributed by atoms with van der Waals surface area (Å²) in [6, 6.07) is 57.2. The number of nitrogens with zero attached hydrogens (tertiary/aromatic N) is 4. The lowest BCUT2D eigenvalue weighted by Gasteiger charge is -2.27. The maximum Gasteiger partial charge on any atom is 0.269 e. The first-order valence-electron chi connectivity index (χ1n) is 22.8. The molecule has 0 saturated carbocycles. The Morgan fingerprint density at radius 1 is 0.477 bits per heavy atom. The summed E-state index contributed by atoms with van der Waals surface area (Å²) in [7, 11) is 0. The highest BCUT2D eigenvalue weighted by Gasteiger charge is 2.30. The summed E-state index contributed by atoms with van der Waals surface area (Å²) in [5.41, 5.74) is 17.2. The van der Waals surface area contributed by atoms with Gasteiger partial charge in [-0.2, -0.15) is 0 Å². The van der Waals surface area contributed by atoms with Gasteiger partial charge < -0.3 is 4.74 Å². The summed E-state index contributed by atoms with van der Waals surface area (Å²) in [4.78, 5) is 4.90. The Morgan fingerprint density at radius 3 is 1.89 bits per heavy atom. The van der Waals surface area contributed by atoms with Crippen molar-refractivity contribution in [2.75, 3.05) is 0 Å². The molecule has 0 aliphatic carbocycles. The van der Waals surface area contributed by atoms with E-state index in [1.807, 2.05) is 12.3 Å². The molecule has 0 unspecified atom stereocenters. The fourth-order valence-corrected chi connectivity index (χ4v) is 9.84. The van der Waals surface area contributed by atoms with Crippen molar-refractivity contribution in [3.8, 4) is 62.1 Å². The summed E-state index contributed by atoms with van der Waals surface area (Å²) >= 11 is 0. The van der Waals surface area contributed by atoms with Crippen LogP contribution < -0.4 is 9.30 Å². The monoisotopic (exact) mass is 846 g/mol. The second-order valence-corrected chi connectivity index (χ2v) is 20.7. The average molecular weight is 847 g/mol. The van der Waals surface area contributed by atoms with Crippen LogP contribution in [0.4, 0.5) is 0 Å². The topological polar surface area (TPSA) is 35.9 Å². The predicted molar refractivity (Wildman–Crippen MR) is 268 cm³/mol. The van der Waals surface area contributed by atoms with Gasteiger partial charge in [0.25, 0.3) is 6.33 Å². The van der Waals surface area contributed by atoms with E-state index in [0.29, 0.717) is 0 Å². The van der Waals surface area contributed by atoms with E-state index < -0.39 is 0 Å². The molecular formula is C60H54N4O. The molecular weight excluding hydrogens is 793 g/mol. The molecule has 0 saturated heterocycles. The number of fused-ring (bicyclic) bond motifs is 10. The number of rotatable bonds is 4. The van der Waals surface area contributed by atoms with Gasteiger partial charge in [0, 0.05) is 23.0 Å². The maximum atomic E-state index is 6.83. The molecule has 7 aromatic carbocycles. The molecule has 1 aliphatic heterocycles.